The lowest BCUT2D eigenvalue weighted by Crippen LogP contribution is -2.67. The van der Waals surface area contributed by atoms with Crippen LogP contribution in [0.15, 0.2) is 0 Å². The fraction of sp³-hybridized carbons (Fsp3) is 0.926. The number of carbonyl (C=O) groups is 8. The monoisotopic (exact) mass is 1800 g/mol. The fourth-order valence-electron chi connectivity index (χ4n) is 17.6. The average molecular weight is 1800 g/mol. The van der Waals surface area contributed by atoms with Gasteiger partial charge in [-0.05, 0) is 51.4 Å². The number of rotatable bonds is 92. The first-order chi connectivity index (χ1) is 62.2. The van der Waals surface area contributed by atoms with Crippen LogP contribution in [-0.4, -0.2) is 122 Å². The molecule has 19 nitrogen and oxygen atoms in total. The largest absolute Gasteiger partial charge is 0.463 e. The summed E-state index contributed by atoms with van der Waals surface area (Å²) in [6.45, 7) is 16.6. The van der Waals surface area contributed by atoms with E-state index in [0.29, 0.717) is 51.4 Å². The van der Waals surface area contributed by atoms with Gasteiger partial charge in [0.2, 0.25) is 12.4 Å². The minimum Gasteiger partial charge on any atom is -0.463 e. The maximum atomic E-state index is 15.2. The molecule has 744 valence electrons. The first-order valence-electron chi connectivity index (χ1n) is 54.6. The molecular weight excluding hydrogens is 1600 g/mol. The summed E-state index contributed by atoms with van der Waals surface area (Å²) in [6.07, 6.45) is 55.9. The van der Waals surface area contributed by atoms with Crippen molar-refractivity contribution in [3.05, 3.63) is 0 Å². The molecule has 2 aliphatic heterocycles. The van der Waals surface area contributed by atoms with Crippen LogP contribution in [0.2, 0.25) is 0 Å². The van der Waals surface area contributed by atoms with Gasteiger partial charge in [0.05, 0.1) is 0 Å². The standard InChI is InChI=1S/C108H198O19/c1-9-17-25-33-41-49-57-65-73-81-93(109)117-89-91-101(121-95(111)83-75-67-59-51-43-35-27-19-11-3)103(122-96(112)84-76-68-60-52-44-36-28-20-12-4)106(125-99(115)87-79-71-63-55-47-39-31-23-15-7)108(120-91)127-102-92(90-118-94(110)82-74-66-58-50-42-34-26-18-10-2)119-107(126-100(116)88-80-72-64-56-48-40-32-24-16-8)105(124-98(114)86-78-70-62-54-46-38-30-22-14-6)104(102)123-97(113)85-77-69-61-53-45-37-29-21-13-5/h91-92,101-108H,9-90H2,1-8H3/t91-,92-,101-,102-,103+,104+,105-,106-,107+,108+/m1/s1. The van der Waals surface area contributed by atoms with Gasteiger partial charge >= 0.3 is 47.8 Å². The lowest BCUT2D eigenvalue weighted by atomic mass is 9.95. The van der Waals surface area contributed by atoms with Crippen LogP contribution in [-0.2, 0) is 90.5 Å². The van der Waals surface area contributed by atoms with Gasteiger partial charge in [-0.15, -0.1) is 0 Å². The van der Waals surface area contributed by atoms with E-state index >= 15 is 14.4 Å². The first-order valence-corrected chi connectivity index (χ1v) is 54.6. The second kappa shape index (κ2) is 87.0. The molecule has 0 aliphatic carbocycles. The van der Waals surface area contributed by atoms with Crippen molar-refractivity contribution in [1.29, 1.82) is 0 Å². The molecule has 2 rings (SSSR count). The second-order valence-electron chi connectivity index (χ2n) is 37.9. The van der Waals surface area contributed by atoms with Gasteiger partial charge in [0.25, 0.3) is 0 Å². The molecule has 0 spiro atoms. The molecule has 0 N–H and O–H groups in total. The van der Waals surface area contributed by atoms with Crippen molar-refractivity contribution < 1.29 is 90.5 Å². The van der Waals surface area contributed by atoms with E-state index in [9.17, 15) is 24.0 Å². The summed E-state index contributed by atoms with van der Waals surface area (Å²) in [5, 5.41) is 0. The van der Waals surface area contributed by atoms with E-state index in [1.54, 1.807) is 0 Å². The molecular formula is C108H198O19. The Kier molecular flexibility index (Phi) is 81.3. The van der Waals surface area contributed by atoms with Crippen LogP contribution < -0.4 is 0 Å². The molecule has 0 aromatic rings. The van der Waals surface area contributed by atoms with E-state index in [-0.39, 0.29) is 51.4 Å². The highest BCUT2D eigenvalue weighted by molar-refractivity contribution is 5.73. The molecule has 2 saturated heterocycles. The molecule has 2 aliphatic rings. The third kappa shape index (κ3) is 66.6. The number of carbonyl (C=O) groups excluding carboxylic acids is 8. The van der Waals surface area contributed by atoms with Gasteiger partial charge in [0.15, 0.2) is 30.7 Å². The highest BCUT2D eigenvalue weighted by atomic mass is 16.8. The lowest BCUT2D eigenvalue weighted by Gasteiger charge is -2.48. The normalized spacial score (nSPS) is 18.7. The lowest BCUT2D eigenvalue weighted by molar-refractivity contribution is -0.358. The van der Waals surface area contributed by atoms with Crippen LogP contribution in [0.1, 0.15) is 569 Å². The molecule has 0 unspecified atom stereocenters. The van der Waals surface area contributed by atoms with Gasteiger partial charge in [0.1, 0.15) is 31.5 Å². The summed E-state index contributed by atoms with van der Waals surface area (Å²) in [5.41, 5.74) is 0. The van der Waals surface area contributed by atoms with Crippen LogP contribution in [0, 0.1) is 0 Å². The molecule has 0 aromatic carbocycles. The van der Waals surface area contributed by atoms with Gasteiger partial charge < -0.3 is 52.1 Å². The van der Waals surface area contributed by atoms with Crippen LogP contribution in [0.25, 0.3) is 0 Å². The predicted molar refractivity (Wildman–Crippen MR) is 514 cm³/mol. The molecule has 0 saturated carbocycles. The van der Waals surface area contributed by atoms with Gasteiger partial charge in [0, 0.05) is 51.4 Å². The Morgan fingerprint density at radius 3 is 0.551 bits per heavy atom. The molecule has 0 amide bonds. The first kappa shape index (κ1) is 119. The number of hydrogen-bond acceptors (Lipinski definition) is 19. The van der Waals surface area contributed by atoms with Crippen molar-refractivity contribution in [2.75, 3.05) is 13.2 Å². The zero-order valence-corrected chi connectivity index (χ0v) is 83.5. The van der Waals surface area contributed by atoms with Crippen LogP contribution in [0.4, 0.5) is 0 Å². The Balaban J connectivity index is 3.19. The molecule has 19 heteroatoms. The van der Waals surface area contributed by atoms with E-state index < -0.39 is 122 Å². The summed E-state index contributed by atoms with van der Waals surface area (Å²) in [7, 11) is 0. The van der Waals surface area contributed by atoms with Gasteiger partial charge in [-0.1, -0.05) is 466 Å². The van der Waals surface area contributed by atoms with Crippen molar-refractivity contribution >= 4 is 47.8 Å². The molecule has 2 heterocycles. The third-order valence-corrected chi connectivity index (χ3v) is 25.8. The Bertz CT molecular complexity index is 2580. The van der Waals surface area contributed by atoms with E-state index in [0.717, 1.165) is 283 Å². The molecule has 0 radical (unpaired) electrons. The minimum absolute atomic E-state index is 0.00746. The van der Waals surface area contributed by atoms with E-state index in [2.05, 4.69) is 55.4 Å². The average Bonchev–Trinajstić information content (AvgIpc) is 0.757. The second-order valence-corrected chi connectivity index (χ2v) is 37.9. The Hall–Kier alpha value is -4.36. The summed E-state index contributed by atoms with van der Waals surface area (Å²) in [4.78, 5) is 119. The van der Waals surface area contributed by atoms with Crippen molar-refractivity contribution in [3.63, 3.8) is 0 Å². The van der Waals surface area contributed by atoms with Crippen molar-refractivity contribution in [2.45, 2.75) is 630 Å². The molecule has 0 bridgehead atoms. The highest BCUT2D eigenvalue weighted by Gasteiger charge is 2.59. The Labute approximate surface area is 777 Å². The summed E-state index contributed by atoms with van der Waals surface area (Å²) in [6, 6.07) is 0. The number of ether oxygens (including phenoxy) is 11. The van der Waals surface area contributed by atoms with Crippen LogP contribution in [0.5, 0.6) is 0 Å². The Morgan fingerprint density at radius 2 is 0.323 bits per heavy atom. The number of esters is 8. The van der Waals surface area contributed by atoms with E-state index in [1.165, 1.54) is 128 Å². The smallest absolute Gasteiger partial charge is 0.308 e. The van der Waals surface area contributed by atoms with Crippen LogP contribution in [0.3, 0.4) is 0 Å². The topological polar surface area (TPSA) is 238 Å². The minimum atomic E-state index is -1.86. The maximum Gasteiger partial charge on any atom is 0.308 e. The van der Waals surface area contributed by atoms with E-state index in [1.807, 2.05) is 0 Å². The summed E-state index contributed by atoms with van der Waals surface area (Å²) < 4.78 is 74.1. The van der Waals surface area contributed by atoms with Gasteiger partial charge in [-0.25, -0.2) is 0 Å². The predicted octanol–water partition coefficient (Wildman–Crippen LogP) is 30.4. The molecule has 2 fully saturated rings. The molecule has 10 atom stereocenters. The van der Waals surface area contributed by atoms with Gasteiger partial charge in [-0.3, -0.25) is 38.4 Å². The fourth-order valence-corrected chi connectivity index (χ4v) is 17.6. The quantitative estimate of drug-likeness (QED) is 0.0312. The van der Waals surface area contributed by atoms with Crippen molar-refractivity contribution in [3.8, 4) is 0 Å². The summed E-state index contributed by atoms with van der Waals surface area (Å²) in [5.74, 6) is -4.97. The SMILES string of the molecule is CCCCCCCCCCCC(=O)OC[C@H]1O[C@@H](O[C@H]2[C@H](OC(=O)CCCCCCCCCCC)[C@@H](OC(=O)CCCCCCCCCCC)[C@H](OC(=O)CCCCCCCCCCC)O[C@@H]2COC(=O)CCCCCCCCCCC)[C@H](OC(=O)CCCCCCCCCCC)[C@@H](OC(=O)CCCCCCCCCCC)[C@@H]1OC(=O)CCCCCCCCCCC. The van der Waals surface area contributed by atoms with Crippen molar-refractivity contribution in [1.82, 2.24) is 0 Å². The van der Waals surface area contributed by atoms with Gasteiger partial charge in [-0.2, -0.15) is 0 Å². The van der Waals surface area contributed by atoms with E-state index in [4.69, 9.17) is 52.1 Å². The third-order valence-electron chi connectivity index (χ3n) is 25.8. The zero-order valence-electron chi connectivity index (χ0n) is 83.5. The highest BCUT2D eigenvalue weighted by Crippen LogP contribution is 2.38. The number of hydrogen-bond donors (Lipinski definition) is 0. The molecule has 127 heavy (non-hydrogen) atoms. The summed E-state index contributed by atoms with van der Waals surface area (Å²) >= 11 is 0. The molecule has 0 aromatic heterocycles. The van der Waals surface area contributed by atoms with Crippen LogP contribution >= 0.6 is 0 Å². The number of unbranched alkanes of at least 4 members (excludes halogenated alkanes) is 64. The van der Waals surface area contributed by atoms with Crippen molar-refractivity contribution in [2.24, 2.45) is 0 Å². The maximum absolute atomic E-state index is 15.2. The zero-order chi connectivity index (χ0) is 92.2. The Morgan fingerprint density at radius 1 is 0.165 bits per heavy atom.